The lowest BCUT2D eigenvalue weighted by Gasteiger charge is -2.22. The van der Waals surface area contributed by atoms with Gasteiger partial charge in [-0.25, -0.2) is 5.48 Å². The van der Waals surface area contributed by atoms with Crippen LogP contribution in [-0.4, -0.2) is 33.0 Å². The fourth-order valence-electron chi connectivity index (χ4n) is 3.67. The van der Waals surface area contributed by atoms with E-state index in [1.807, 2.05) is 41.3 Å². The predicted molar refractivity (Wildman–Crippen MR) is 105 cm³/mol. The molecule has 4 rings (SSSR count). The zero-order valence-corrected chi connectivity index (χ0v) is 15.3. The third-order valence-corrected chi connectivity index (χ3v) is 5.06. The molecule has 2 amide bonds. The number of nitrogens with zero attached hydrogens (tertiary/aromatic N) is 2. The SMILES string of the molecule is O=C(NO)c1cc2n(c1)CCCN(Cc1ccccc1-c1ccccc1)C2=O. The highest BCUT2D eigenvalue weighted by molar-refractivity contribution is 5.99. The number of amides is 2. The summed E-state index contributed by atoms with van der Waals surface area (Å²) in [7, 11) is 0. The summed E-state index contributed by atoms with van der Waals surface area (Å²) in [6, 6.07) is 19.8. The minimum absolute atomic E-state index is 0.114. The molecule has 0 aliphatic carbocycles. The topological polar surface area (TPSA) is 74.6 Å². The maximum Gasteiger partial charge on any atom is 0.276 e. The lowest BCUT2D eigenvalue weighted by Crippen LogP contribution is -2.30. The van der Waals surface area contributed by atoms with E-state index in [1.165, 1.54) is 6.07 Å². The van der Waals surface area contributed by atoms with Gasteiger partial charge in [0.2, 0.25) is 0 Å². The van der Waals surface area contributed by atoms with Crippen LogP contribution in [0.1, 0.15) is 32.8 Å². The third kappa shape index (κ3) is 3.42. The van der Waals surface area contributed by atoms with Crippen molar-refractivity contribution in [2.24, 2.45) is 0 Å². The molecule has 0 bridgehead atoms. The van der Waals surface area contributed by atoms with Gasteiger partial charge < -0.3 is 9.47 Å². The molecule has 28 heavy (non-hydrogen) atoms. The van der Waals surface area contributed by atoms with Gasteiger partial charge in [0.15, 0.2) is 0 Å². The zero-order chi connectivity index (χ0) is 19.5. The number of aromatic nitrogens is 1. The highest BCUT2D eigenvalue weighted by Crippen LogP contribution is 2.26. The Morgan fingerprint density at radius 2 is 1.79 bits per heavy atom. The highest BCUT2D eigenvalue weighted by atomic mass is 16.5. The Balaban J connectivity index is 1.64. The second kappa shape index (κ2) is 7.70. The maximum atomic E-state index is 13.1. The van der Waals surface area contributed by atoms with Gasteiger partial charge >= 0.3 is 0 Å². The number of hydrogen-bond donors (Lipinski definition) is 2. The van der Waals surface area contributed by atoms with E-state index in [0.29, 0.717) is 25.3 Å². The molecule has 2 N–H and O–H groups in total. The summed E-state index contributed by atoms with van der Waals surface area (Å²) in [4.78, 5) is 26.6. The average Bonchev–Trinajstić information content (AvgIpc) is 3.11. The Labute approximate surface area is 163 Å². The molecule has 0 spiro atoms. The molecule has 0 unspecified atom stereocenters. The molecule has 2 heterocycles. The van der Waals surface area contributed by atoms with Crippen LogP contribution in [0.2, 0.25) is 0 Å². The zero-order valence-electron chi connectivity index (χ0n) is 15.3. The number of nitrogens with one attached hydrogen (secondary N) is 1. The first kappa shape index (κ1) is 18.0. The van der Waals surface area contributed by atoms with Gasteiger partial charge in [-0.2, -0.15) is 0 Å². The fourth-order valence-corrected chi connectivity index (χ4v) is 3.67. The molecule has 6 heteroatoms. The first-order valence-corrected chi connectivity index (χ1v) is 9.24. The van der Waals surface area contributed by atoms with Crippen molar-refractivity contribution in [3.63, 3.8) is 0 Å². The van der Waals surface area contributed by atoms with Crippen molar-refractivity contribution in [1.29, 1.82) is 0 Å². The summed E-state index contributed by atoms with van der Waals surface area (Å²) in [5.41, 5.74) is 5.66. The van der Waals surface area contributed by atoms with Gasteiger partial charge in [-0.15, -0.1) is 0 Å². The van der Waals surface area contributed by atoms with E-state index in [9.17, 15) is 9.59 Å². The summed E-state index contributed by atoms with van der Waals surface area (Å²) in [5.74, 6) is -0.730. The number of fused-ring (bicyclic) bond motifs is 1. The quantitative estimate of drug-likeness (QED) is 0.543. The monoisotopic (exact) mass is 375 g/mol. The van der Waals surface area contributed by atoms with Crippen molar-refractivity contribution < 1.29 is 14.8 Å². The summed E-state index contributed by atoms with van der Waals surface area (Å²) < 4.78 is 1.79. The molecule has 1 aliphatic rings. The molecule has 0 atom stereocenters. The van der Waals surface area contributed by atoms with Crippen LogP contribution in [0, 0.1) is 0 Å². The Kier molecular flexibility index (Phi) is 4.95. The minimum atomic E-state index is -0.616. The largest absolute Gasteiger partial charge is 0.343 e. The number of carbonyl (C=O) groups excluding carboxylic acids is 2. The van der Waals surface area contributed by atoms with E-state index >= 15 is 0 Å². The smallest absolute Gasteiger partial charge is 0.276 e. The minimum Gasteiger partial charge on any atom is -0.343 e. The molecular formula is C22H21N3O3. The maximum absolute atomic E-state index is 13.1. The van der Waals surface area contributed by atoms with Gasteiger partial charge in [0.05, 0.1) is 5.56 Å². The average molecular weight is 375 g/mol. The first-order chi connectivity index (χ1) is 13.7. The number of aryl methyl sites for hydroxylation is 1. The lowest BCUT2D eigenvalue weighted by atomic mass is 9.99. The van der Waals surface area contributed by atoms with Crippen LogP contribution < -0.4 is 5.48 Å². The van der Waals surface area contributed by atoms with Crippen molar-refractivity contribution in [3.8, 4) is 11.1 Å². The first-order valence-electron chi connectivity index (χ1n) is 9.24. The lowest BCUT2D eigenvalue weighted by molar-refractivity contribution is 0.0706. The van der Waals surface area contributed by atoms with Crippen LogP contribution in [0.3, 0.4) is 0 Å². The molecule has 6 nitrogen and oxygen atoms in total. The Bertz CT molecular complexity index is 1010. The Morgan fingerprint density at radius 1 is 1.04 bits per heavy atom. The van der Waals surface area contributed by atoms with Crippen molar-refractivity contribution in [2.45, 2.75) is 19.5 Å². The van der Waals surface area contributed by atoms with Crippen molar-refractivity contribution in [2.75, 3.05) is 6.54 Å². The second-order valence-corrected chi connectivity index (χ2v) is 6.85. The molecule has 0 fully saturated rings. The second-order valence-electron chi connectivity index (χ2n) is 6.85. The van der Waals surface area contributed by atoms with Gasteiger partial charge in [-0.05, 0) is 29.2 Å². The highest BCUT2D eigenvalue weighted by Gasteiger charge is 2.25. The molecule has 0 saturated heterocycles. The number of carbonyl (C=O) groups is 2. The van der Waals surface area contributed by atoms with Gasteiger partial charge in [-0.3, -0.25) is 14.8 Å². The number of benzene rings is 2. The van der Waals surface area contributed by atoms with Crippen molar-refractivity contribution >= 4 is 11.8 Å². The normalized spacial score (nSPS) is 13.8. The van der Waals surface area contributed by atoms with Crippen LogP contribution in [0.5, 0.6) is 0 Å². The van der Waals surface area contributed by atoms with E-state index in [0.717, 1.165) is 23.1 Å². The summed E-state index contributed by atoms with van der Waals surface area (Å²) in [6.07, 6.45) is 2.40. The van der Waals surface area contributed by atoms with E-state index in [4.69, 9.17) is 5.21 Å². The van der Waals surface area contributed by atoms with E-state index < -0.39 is 5.91 Å². The molecule has 0 radical (unpaired) electrons. The van der Waals surface area contributed by atoms with Gasteiger partial charge in [0.1, 0.15) is 5.69 Å². The standard InChI is InChI=1S/C22H21N3O3/c26-21(23-28)18-13-20-22(27)25(12-6-11-24(20)15-18)14-17-9-4-5-10-19(17)16-7-2-1-3-8-16/h1-5,7-10,13,15,28H,6,11-12,14H2,(H,23,26). The molecule has 2 aromatic carbocycles. The summed E-state index contributed by atoms with van der Waals surface area (Å²) in [5, 5.41) is 8.85. The molecular weight excluding hydrogens is 354 g/mol. The molecule has 0 saturated carbocycles. The number of rotatable bonds is 4. The van der Waals surface area contributed by atoms with Crippen LogP contribution in [-0.2, 0) is 13.1 Å². The van der Waals surface area contributed by atoms with Gasteiger partial charge in [0, 0.05) is 25.8 Å². The Hall–Kier alpha value is -3.38. The van der Waals surface area contributed by atoms with Crippen LogP contribution >= 0.6 is 0 Å². The number of hydrogen-bond acceptors (Lipinski definition) is 3. The van der Waals surface area contributed by atoms with Crippen LogP contribution in [0.15, 0.2) is 66.9 Å². The van der Waals surface area contributed by atoms with Crippen molar-refractivity contribution in [3.05, 3.63) is 83.7 Å². The Morgan fingerprint density at radius 3 is 2.57 bits per heavy atom. The van der Waals surface area contributed by atoms with E-state index in [1.54, 1.807) is 16.2 Å². The molecule has 1 aliphatic heterocycles. The number of hydroxylamine groups is 1. The van der Waals surface area contributed by atoms with Crippen LogP contribution in [0.25, 0.3) is 11.1 Å². The van der Waals surface area contributed by atoms with E-state index in [2.05, 4.69) is 18.2 Å². The van der Waals surface area contributed by atoms with E-state index in [-0.39, 0.29) is 11.5 Å². The van der Waals surface area contributed by atoms with Crippen LogP contribution in [0.4, 0.5) is 0 Å². The molecule has 3 aromatic rings. The molecule has 1 aromatic heterocycles. The fraction of sp³-hybridized carbons (Fsp3) is 0.182. The summed E-state index contributed by atoms with van der Waals surface area (Å²) >= 11 is 0. The third-order valence-electron chi connectivity index (χ3n) is 5.06. The predicted octanol–water partition coefficient (Wildman–Crippen LogP) is 3.32. The van der Waals surface area contributed by atoms with Crippen molar-refractivity contribution in [1.82, 2.24) is 14.9 Å². The van der Waals surface area contributed by atoms with Gasteiger partial charge in [-0.1, -0.05) is 54.6 Å². The molecule has 142 valence electrons. The summed E-state index contributed by atoms with van der Waals surface area (Å²) in [6.45, 7) is 1.79. The van der Waals surface area contributed by atoms with Gasteiger partial charge in [0.25, 0.3) is 11.8 Å².